The van der Waals surface area contributed by atoms with Crippen molar-refractivity contribution in [3.8, 4) is 0 Å². The summed E-state index contributed by atoms with van der Waals surface area (Å²) in [7, 11) is 0. The van der Waals surface area contributed by atoms with Crippen LogP contribution in [0.4, 0.5) is 21.3 Å². The van der Waals surface area contributed by atoms with E-state index in [-0.39, 0.29) is 5.91 Å². The zero-order valence-corrected chi connectivity index (χ0v) is 16.9. The molecule has 6 nitrogen and oxygen atoms in total. The summed E-state index contributed by atoms with van der Waals surface area (Å²) < 4.78 is 0. The average molecular weight is 415 g/mol. The number of rotatable bonds is 5. The van der Waals surface area contributed by atoms with Crippen LogP contribution in [0, 0.1) is 6.92 Å². The Morgan fingerprint density at radius 3 is 2.21 bits per heavy atom. The molecule has 3 rings (SSSR count). The smallest absolute Gasteiger partial charge is 0.321 e. The first-order valence-corrected chi connectivity index (χ1v) is 9.85. The Morgan fingerprint density at radius 1 is 0.964 bits per heavy atom. The molecule has 0 aliphatic carbocycles. The number of anilines is 3. The molecular weight excluding hydrogens is 396 g/mol. The van der Waals surface area contributed by atoms with Gasteiger partial charge >= 0.3 is 6.03 Å². The van der Waals surface area contributed by atoms with Crippen molar-refractivity contribution < 1.29 is 9.59 Å². The maximum absolute atomic E-state index is 12.5. The number of amides is 3. The quantitative estimate of drug-likeness (QED) is 0.510. The van der Waals surface area contributed by atoms with Crippen LogP contribution in [-0.4, -0.2) is 16.9 Å². The average Bonchev–Trinajstić information content (AvgIpc) is 3.04. The molecule has 0 atom stereocenters. The third-order valence-electron chi connectivity index (χ3n) is 3.95. The van der Waals surface area contributed by atoms with E-state index < -0.39 is 6.03 Å². The standard InChI is InChI=1S/C20H19ClN4O2S/c1-3-13-4-8-15(9-5-13)23-18(26)17-12(2)22-20(28-17)25-19(27)24-16-10-6-14(21)7-11-16/h4-11H,3H2,1-2H3,(H,23,26)(H2,22,24,25,27). The lowest BCUT2D eigenvalue weighted by molar-refractivity contribution is 0.103. The predicted molar refractivity (Wildman–Crippen MR) is 115 cm³/mol. The molecule has 0 radical (unpaired) electrons. The zero-order chi connectivity index (χ0) is 20.1. The van der Waals surface area contributed by atoms with E-state index in [1.165, 1.54) is 5.56 Å². The molecule has 28 heavy (non-hydrogen) atoms. The van der Waals surface area contributed by atoms with Gasteiger partial charge in [0.2, 0.25) is 0 Å². The number of thiazole rings is 1. The second kappa shape index (κ2) is 8.86. The first kappa shape index (κ1) is 19.9. The van der Waals surface area contributed by atoms with Gasteiger partial charge in [0.15, 0.2) is 5.13 Å². The Balaban J connectivity index is 1.63. The molecule has 0 aliphatic heterocycles. The monoisotopic (exact) mass is 414 g/mol. The Labute approximate surface area is 172 Å². The highest BCUT2D eigenvalue weighted by molar-refractivity contribution is 7.17. The summed E-state index contributed by atoms with van der Waals surface area (Å²) in [6.07, 6.45) is 0.940. The van der Waals surface area contributed by atoms with Crippen LogP contribution >= 0.6 is 22.9 Å². The Bertz CT molecular complexity index is 984. The van der Waals surface area contributed by atoms with Gasteiger partial charge in [-0.2, -0.15) is 0 Å². The first-order valence-electron chi connectivity index (χ1n) is 8.66. The number of carbonyl (C=O) groups excluding carboxylic acids is 2. The van der Waals surface area contributed by atoms with Crippen molar-refractivity contribution in [2.24, 2.45) is 0 Å². The number of urea groups is 1. The molecule has 3 N–H and O–H groups in total. The number of nitrogens with zero attached hydrogens (tertiary/aromatic N) is 1. The fourth-order valence-corrected chi connectivity index (χ4v) is 3.45. The molecule has 8 heteroatoms. The number of aromatic nitrogens is 1. The predicted octanol–water partition coefficient (Wildman–Crippen LogP) is 5.56. The molecule has 144 valence electrons. The lowest BCUT2D eigenvalue weighted by Gasteiger charge is -2.05. The number of nitrogens with one attached hydrogen (secondary N) is 3. The van der Waals surface area contributed by atoms with Gasteiger partial charge in [-0.15, -0.1) is 0 Å². The molecule has 3 amide bonds. The minimum Gasteiger partial charge on any atom is -0.321 e. The highest BCUT2D eigenvalue weighted by atomic mass is 35.5. The van der Waals surface area contributed by atoms with Crippen LogP contribution in [0.25, 0.3) is 0 Å². The molecule has 0 fully saturated rings. The topological polar surface area (TPSA) is 83.1 Å². The van der Waals surface area contributed by atoms with E-state index in [9.17, 15) is 9.59 Å². The maximum Gasteiger partial charge on any atom is 0.325 e. The van der Waals surface area contributed by atoms with Gasteiger partial charge < -0.3 is 10.6 Å². The van der Waals surface area contributed by atoms with E-state index in [4.69, 9.17) is 11.6 Å². The van der Waals surface area contributed by atoms with Crippen molar-refractivity contribution in [1.82, 2.24) is 4.98 Å². The van der Waals surface area contributed by atoms with Crippen LogP contribution in [0.3, 0.4) is 0 Å². The molecule has 1 aromatic heterocycles. The highest BCUT2D eigenvalue weighted by Crippen LogP contribution is 2.24. The van der Waals surface area contributed by atoms with Crippen LogP contribution in [0.1, 0.15) is 27.9 Å². The lowest BCUT2D eigenvalue weighted by Crippen LogP contribution is -2.19. The fraction of sp³-hybridized carbons (Fsp3) is 0.150. The van der Waals surface area contributed by atoms with Gasteiger partial charge in [-0.05, 0) is 55.3 Å². The molecular formula is C20H19ClN4O2S. The van der Waals surface area contributed by atoms with Crippen LogP contribution in [0.2, 0.25) is 5.02 Å². The summed E-state index contributed by atoms with van der Waals surface area (Å²) in [5, 5.41) is 9.11. The summed E-state index contributed by atoms with van der Waals surface area (Å²) >= 11 is 6.95. The fourth-order valence-electron chi connectivity index (χ4n) is 2.46. The number of halogens is 1. The van der Waals surface area contributed by atoms with Crippen LogP contribution in [0.5, 0.6) is 0 Å². The van der Waals surface area contributed by atoms with E-state index in [1.54, 1.807) is 31.2 Å². The molecule has 0 saturated heterocycles. The van der Waals surface area contributed by atoms with Crippen LogP contribution < -0.4 is 16.0 Å². The Morgan fingerprint density at radius 2 is 1.57 bits per heavy atom. The van der Waals surface area contributed by atoms with Gasteiger partial charge in [0.1, 0.15) is 4.88 Å². The second-order valence-electron chi connectivity index (χ2n) is 6.02. The van der Waals surface area contributed by atoms with E-state index >= 15 is 0 Å². The zero-order valence-electron chi connectivity index (χ0n) is 15.4. The van der Waals surface area contributed by atoms with Gasteiger partial charge in [0.05, 0.1) is 5.69 Å². The molecule has 0 saturated carbocycles. The molecule has 2 aromatic carbocycles. The summed E-state index contributed by atoms with van der Waals surface area (Å²) in [6, 6.07) is 14.0. The van der Waals surface area contributed by atoms with Gasteiger partial charge in [-0.1, -0.05) is 42.0 Å². The van der Waals surface area contributed by atoms with E-state index in [1.807, 2.05) is 24.3 Å². The van der Waals surface area contributed by atoms with Crippen molar-refractivity contribution in [1.29, 1.82) is 0 Å². The van der Waals surface area contributed by atoms with Gasteiger partial charge in [-0.3, -0.25) is 10.1 Å². The SMILES string of the molecule is CCc1ccc(NC(=O)c2sc(NC(=O)Nc3ccc(Cl)cc3)nc2C)cc1. The van der Waals surface area contributed by atoms with Crippen molar-refractivity contribution in [3.05, 3.63) is 69.7 Å². The number of hydrogen-bond donors (Lipinski definition) is 3. The summed E-state index contributed by atoms with van der Waals surface area (Å²) in [5.74, 6) is -0.259. The minimum atomic E-state index is -0.446. The van der Waals surface area contributed by atoms with Crippen molar-refractivity contribution >= 4 is 51.4 Å². The summed E-state index contributed by atoms with van der Waals surface area (Å²) in [6.45, 7) is 3.81. The summed E-state index contributed by atoms with van der Waals surface area (Å²) in [4.78, 5) is 29.4. The van der Waals surface area contributed by atoms with Gasteiger partial charge in [0.25, 0.3) is 5.91 Å². The first-order chi connectivity index (χ1) is 13.4. The largest absolute Gasteiger partial charge is 0.325 e. The number of hydrogen-bond acceptors (Lipinski definition) is 4. The number of benzene rings is 2. The number of carbonyl (C=O) groups is 2. The normalized spacial score (nSPS) is 10.4. The Hall–Kier alpha value is -2.90. The third-order valence-corrected chi connectivity index (χ3v) is 5.27. The Kier molecular flexibility index (Phi) is 6.28. The van der Waals surface area contributed by atoms with E-state index in [0.717, 1.165) is 17.8 Å². The summed E-state index contributed by atoms with van der Waals surface area (Å²) in [5.41, 5.74) is 3.06. The maximum atomic E-state index is 12.5. The lowest BCUT2D eigenvalue weighted by atomic mass is 10.1. The van der Waals surface area contributed by atoms with E-state index in [0.29, 0.717) is 32.1 Å². The van der Waals surface area contributed by atoms with Crippen LogP contribution in [-0.2, 0) is 6.42 Å². The molecule has 0 bridgehead atoms. The molecule has 0 aliphatic rings. The molecule has 0 spiro atoms. The molecule has 1 heterocycles. The van der Waals surface area contributed by atoms with Gasteiger partial charge in [0, 0.05) is 16.4 Å². The minimum absolute atomic E-state index is 0.259. The number of aryl methyl sites for hydroxylation is 2. The third kappa shape index (κ3) is 5.09. The van der Waals surface area contributed by atoms with Crippen molar-refractivity contribution in [3.63, 3.8) is 0 Å². The second-order valence-corrected chi connectivity index (χ2v) is 7.46. The van der Waals surface area contributed by atoms with Crippen molar-refractivity contribution in [2.75, 3.05) is 16.0 Å². The van der Waals surface area contributed by atoms with Gasteiger partial charge in [-0.25, -0.2) is 9.78 Å². The van der Waals surface area contributed by atoms with Crippen molar-refractivity contribution in [2.45, 2.75) is 20.3 Å². The highest BCUT2D eigenvalue weighted by Gasteiger charge is 2.17. The van der Waals surface area contributed by atoms with E-state index in [2.05, 4.69) is 27.9 Å². The van der Waals surface area contributed by atoms with Crippen LogP contribution in [0.15, 0.2) is 48.5 Å². The molecule has 0 unspecified atom stereocenters. The molecule has 3 aromatic rings.